The second-order valence-corrected chi connectivity index (χ2v) is 4.77. The standard InChI is InChI=1S/C17H21NO2/c1-14(12-19-2)18-16-10-6-7-11-17(16)20-13-15-8-4-3-5-9-15/h3-11,14,18H,12-13H2,1-2H3. The number of anilines is 1. The van der Waals surface area contributed by atoms with Gasteiger partial charge >= 0.3 is 0 Å². The van der Waals surface area contributed by atoms with Crippen LogP contribution in [0.15, 0.2) is 54.6 Å². The maximum Gasteiger partial charge on any atom is 0.142 e. The summed E-state index contributed by atoms with van der Waals surface area (Å²) in [4.78, 5) is 0. The summed E-state index contributed by atoms with van der Waals surface area (Å²) in [6, 6.07) is 18.4. The fourth-order valence-corrected chi connectivity index (χ4v) is 2.00. The minimum atomic E-state index is 0.237. The Labute approximate surface area is 120 Å². The molecule has 3 nitrogen and oxygen atoms in total. The third-order valence-corrected chi connectivity index (χ3v) is 2.94. The molecule has 0 radical (unpaired) electrons. The number of para-hydroxylation sites is 2. The summed E-state index contributed by atoms with van der Waals surface area (Å²) in [6.45, 7) is 3.31. The molecule has 0 heterocycles. The second-order valence-electron chi connectivity index (χ2n) is 4.77. The number of ether oxygens (including phenoxy) is 2. The van der Waals surface area contributed by atoms with Crippen molar-refractivity contribution in [2.24, 2.45) is 0 Å². The van der Waals surface area contributed by atoms with Crippen LogP contribution in [0.2, 0.25) is 0 Å². The molecule has 0 saturated carbocycles. The quantitative estimate of drug-likeness (QED) is 0.832. The van der Waals surface area contributed by atoms with Crippen LogP contribution < -0.4 is 10.1 Å². The molecular weight excluding hydrogens is 250 g/mol. The van der Waals surface area contributed by atoms with Gasteiger partial charge in [-0.15, -0.1) is 0 Å². The molecule has 20 heavy (non-hydrogen) atoms. The van der Waals surface area contributed by atoms with Crippen molar-refractivity contribution in [2.45, 2.75) is 19.6 Å². The van der Waals surface area contributed by atoms with Gasteiger partial charge in [-0.05, 0) is 24.6 Å². The van der Waals surface area contributed by atoms with E-state index in [1.54, 1.807) is 7.11 Å². The highest BCUT2D eigenvalue weighted by Gasteiger charge is 2.06. The minimum Gasteiger partial charge on any atom is -0.487 e. The van der Waals surface area contributed by atoms with Gasteiger partial charge in [0.1, 0.15) is 12.4 Å². The van der Waals surface area contributed by atoms with E-state index in [2.05, 4.69) is 24.4 Å². The Morgan fingerprint density at radius 3 is 2.45 bits per heavy atom. The van der Waals surface area contributed by atoms with Gasteiger partial charge in [0.2, 0.25) is 0 Å². The predicted octanol–water partition coefficient (Wildman–Crippen LogP) is 3.71. The average molecular weight is 271 g/mol. The van der Waals surface area contributed by atoms with Crippen LogP contribution in [0.3, 0.4) is 0 Å². The minimum absolute atomic E-state index is 0.237. The van der Waals surface area contributed by atoms with Gasteiger partial charge in [0.25, 0.3) is 0 Å². The normalized spacial score (nSPS) is 11.9. The van der Waals surface area contributed by atoms with Gasteiger partial charge in [0.15, 0.2) is 0 Å². The van der Waals surface area contributed by atoms with E-state index in [0.717, 1.165) is 17.0 Å². The summed E-state index contributed by atoms with van der Waals surface area (Å²) >= 11 is 0. The maximum absolute atomic E-state index is 5.90. The Morgan fingerprint density at radius 2 is 1.70 bits per heavy atom. The first-order valence-electron chi connectivity index (χ1n) is 6.81. The van der Waals surface area contributed by atoms with Crippen molar-refractivity contribution in [3.05, 3.63) is 60.2 Å². The predicted molar refractivity (Wildman–Crippen MR) is 82.2 cm³/mol. The van der Waals surface area contributed by atoms with Crippen LogP contribution in [-0.2, 0) is 11.3 Å². The maximum atomic E-state index is 5.90. The molecule has 0 aliphatic carbocycles. The molecule has 2 rings (SSSR count). The first kappa shape index (κ1) is 14.4. The number of benzene rings is 2. The molecule has 1 unspecified atom stereocenters. The summed E-state index contributed by atoms with van der Waals surface area (Å²) < 4.78 is 11.0. The molecule has 0 spiro atoms. The largest absolute Gasteiger partial charge is 0.487 e. The molecule has 0 saturated heterocycles. The lowest BCUT2D eigenvalue weighted by atomic mass is 10.2. The van der Waals surface area contributed by atoms with Crippen LogP contribution in [0, 0.1) is 0 Å². The smallest absolute Gasteiger partial charge is 0.142 e. The van der Waals surface area contributed by atoms with E-state index >= 15 is 0 Å². The van der Waals surface area contributed by atoms with Crippen LogP contribution in [0.5, 0.6) is 5.75 Å². The summed E-state index contributed by atoms with van der Waals surface area (Å²) in [5, 5.41) is 3.40. The first-order valence-corrected chi connectivity index (χ1v) is 6.81. The van der Waals surface area contributed by atoms with E-state index in [-0.39, 0.29) is 6.04 Å². The Morgan fingerprint density at radius 1 is 1.00 bits per heavy atom. The number of rotatable bonds is 7. The molecule has 3 heteroatoms. The molecule has 2 aromatic carbocycles. The van der Waals surface area contributed by atoms with Crippen molar-refractivity contribution in [1.82, 2.24) is 0 Å². The number of nitrogens with one attached hydrogen (secondary N) is 1. The fraction of sp³-hybridized carbons (Fsp3) is 0.294. The highest BCUT2D eigenvalue weighted by atomic mass is 16.5. The van der Waals surface area contributed by atoms with Gasteiger partial charge in [-0.3, -0.25) is 0 Å². The third kappa shape index (κ3) is 4.28. The molecule has 0 aliphatic heterocycles. The first-order chi connectivity index (χ1) is 9.79. The zero-order chi connectivity index (χ0) is 14.2. The highest BCUT2D eigenvalue weighted by molar-refractivity contribution is 5.56. The van der Waals surface area contributed by atoms with Gasteiger partial charge < -0.3 is 14.8 Å². The lowest BCUT2D eigenvalue weighted by Gasteiger charge is -2.17. The molecule has 1 atom stereocenters. The van der Waals surface area contributed by atoms with Crippen molar-refractivity contribution in [1.29, 1.82) is 0 Å². The van der Waals surface area contributed by atoms with E-state index in [1.807, 2.05) is 42.5 Å². The summed E-state index contributed by atoms with van der Waals surface area (Å²) in [7, 11) is 1.70. The lowest BCUT2D eigenvalue weighted by molar-refractivity contribution is 0.190. The van der Waals surface area contributed by atoms with E-state index in [0.29, 0.717) is 13.2 Å². The molecule has 0 aromatic heterocycles. The Balaban J connectivity index is 2.00. The van der Waals surface area contributed by atoms with Crippen molar-refractivity contribution >= 4 is 5.69 Å². The zero-order valence-corrected chi connectivity index (χ0v) is 12.0. The molecule has 1 N–H and O–H groups in total. The van der Waals surface area contributed by atoms with Crippen LogP contribution in [-0.4, -0.2) is 19.8 Å². The van der Waals surface area contributed by atoms with Crippen LogP contribution >= 0.6 is 0 Å². The second kappa shape index (κ2) is 7.56. The lowest BCUT2D eigenvalue weighted by Crippen LogP contribution is -2.21. The van der Waals surface area contributed by atoms with E-state index in [1.165, 1.54) is 0 Å². The molecule has 2 aromatic rings. The zero-order valence-electron chi connectivity index (χ0n) is 12.0. The van der Waals surface area contributed by atoms with Crippen molar-refractivity contribution in [3.8, 4) is 5.75 Å². The third-order valence-electron chi connectivity index (χ3n) is 2.94. The summed E-state index contributed by atoms with van der Waals surface area (Å²) in [5.41, 5.74) is 2.15. The van der Waals surface area contributed by atoms with E-state index in [9.17, 15) is 0 Å². The molecule has 106 valence electrons. The number of methoxy groups -OCH3 is 1. The van der Waals surface area contributed by atoms with Crippen LogP contribution in [0.25, 0.3) is 0 Å². The monoisotopic (exact) mass is 271 g/mol. The topological polar surface area (TPSA) is 30.5 Å². The molecule has 0 aliphatic rings. The van der Waals surface area contributed by atoms with Gasteiger partial charge in [-0.25, -0.2) is 0 Å². The van der Waals surface area contributed by atoms with Crippen molar-refractivity contribution in [3.63, 3.8) is 0 Å². The Hall–Kier alpha value is -2.00. The van der Waals surface area contributed by atoms with Gasteiger partial charge in [0, 0.05) is 13.2 Å². The molecular formula is C17H21NO2. The van der Waals surface area contributed by atoms with Gasteiger partial charge in [0.05, 0.1) is 12.3 Å². The Bertz CT molecular complexity index is 513. The SMILES string of the molecule is COCC(C)Nc1ccccc1OCc1ccccc1. The number of hydrogen-bond acceptors (Lipinski definition) is 3. The molecule has 0 bridgehead atoms. The van der Waals surface area contributed by atoms with Crippen molar-refractivity contribution < 1.29 is 9.47 Å². The molecule has 0 fully saturated rings. The summed E-state index contributed by atoms with van der Waals surface area (Å²) in [6.07, 6.45) is 0. The Kier molecular flexibility index (Phi) is 5.44. The van der Waals surface area contributed by atoms with Gasteiger partial charge in [-0.1, -0.05) is 42.5 Å². The van der Waals surface area contributed by atoms with Crippen LogP contribution in [0.1, 0.15) is 12.5 Å². The van der Waals surface area contributed by atoms with E-state index in [4.69, 9.17) is 9.47 Å². The average Bonchev–Trinajstić information content (AvgIpc) is 2.48. The molecule has 0 amide bonds. The van der Waals surface area contributed by atoms with Gasteiger partial charge in [-0.2, -0.15) is 0 Å². The van der Waals surface area contributed by atoms with E-state index < -0.39 is 0 Å². The number of hydrogen-bond donors (Lipinski definition) is 1. The van der Waals surface area contributed by atoms with Crippen LogP contribution in [0.4, 0.5) is 5.69 Å². The highest BCUT2D eigenvalue weighted by Crippen LogP contribution is 2.25. The fourth-order valence-electron chi connectivity index (χ4n) is 2.00. The van der Waals surface area contributed by atoms with Crippen molar-refractivity contribution in [2.75, 3.05) is 19.0 Å². The summed E-state index contributed by atoms with van der Waals surface area (Å²) in [5.74, 6) is 0.860.